The van der Waals surface area contributed by atoms with Crippen LogP contribution in [0.5, 0.6) is 11.5 Å². The van der Waals surface area contributed by atoms with Crippen LogP contribution in [-0.4, -0.2) is 51.0 Å². The van der Waals surface area contributed by atoms with Crippen molar-refractivity contribution >= 4 is 166 Å². The molecule has 11 heteroatoms. The molecule has 0 N–H and O–H groups in total. The maximum absolute atomic E-state index is 5.97. The molecule has 8 heterocycles. The van der Waals surface area contributed by atoms with Crippen LogP contribution >= 0.6 is 11.8 Å². The normalized spacial score (nSPS) is 12.5. The van der Waals surface area contributed by atoms with Crippen molar-refractivity contribution in [2.24, 2.45) is 21.1 Å². The third-order valence-corrected chi connectivity index (χ3v) is 31.3. The van der Waals surface area contributed by atoms with Crippen LogP contribution in [0.15, 0.2) is 362 Å². The summed E-state index contributed by atoms with van der Waals surface area (Å²) in [4.78, 5) is 11.9. The highest BCUT2D eigenvalue weighted by atomic mass is 32.2. The molecule has 23 aromatic rings. The van der Waals surface area contributed by atoms with E-state index >= 15 is 0 Å². The van der Waals surface area contributed by atoms with Gasteiger partial charge in [-0.15, -0.1) is 0 Å². The van der Waals surface area contributed by atoms with Gasteiger partial charge < -0.3 is 47.2 Å². The molecule has 712 valence electrons. The molecule has 5 aromatic heterocycles. The van der Waals surface area contributed by atoms with Crippen molar-refractivity contribution in [1.82, 2.24) is 22.8 Å². The van der Waals surface area contributed by atoms with Gasteiger partial charge in [-0.25, -0.2) is 0 Å². The lowest BCUT2D eigenvalue weighted by Crippen LogP contribution is -2.32. The second kappa shape index (κ2) is 38.4. The Morgan fingerprint density at radius 2 is 0.545 bits per heavy atom. The Labute approximate surface area is 846 Å². The fourth-order valence-electron chi connectivity index (χ4n) is 23.7. The predicted molar refractivity (Wildman–Crippen MR) is 616 cm³/mol. The zero-order valence-corrected chi connectivity index (χ0v) is 87.6. The van der Waals surface area contributed by atoms with E-state index in [1.165, 1.54) is 253 Å². The number of anilines is 8. The van der Waals surface area contributed by atoms with Crippen molar-refractivity contribution in [3.05, 3.63) is 441 Å². The molecule has 3 aliphatic rings. The molecule has 0 fully saturated rings. The van der Waals surface area contributed by atoms with Gasteiger partial charge in [-0.05, 0) is 271 Å². The van der Waals surface area contributed by atoms with E-state index < -0.39 is 0 Å². The molecule has 0 unspecified atom stereocenters. The molecule has 0 spiro atoms. The lowest BCUT2D eigenvalue weighted by molar-refractivity contribution is 0.474. The molecule has 3 aliphatic heterocycles. The smallest absolute Gasteiger partial charge is 0.151 e. The predicted octanol–water partition coefficient (Wildman–Crippen LogP) is 35.5. The molecule has 143 heavy (non-hydrogen) atoms. The Morgan fingerprint density at radius 3 is 1.00 bits per heavy atom. The summed E-state index contributed by atoms with van der Waals surface area (Å²) in [5.41, 5.74) is 47.1. The second-order valence-electron chi connectivity index (χ2n) is 39.8. The number of nitrogens with zero attached hydrogens (tertiary/aromatic N) is 9. The fourth-order valence-corrected chi connectivity index (χ4v) is 25.0. The van der Waals surface area contributed by atoms with Crippen LogP contribution in [0.3, 0.4) is 0 Å². The number of ether oxygens (including phenoxy) is 1. The highest BCUT2D eigenvalue weighted by Gasteiger charge is 2.37. The summed E-state index contributed by atoms with van der Waals surface area (Å²) in [6, 6.07) is 126. The topological polar surface area (TPSA) is 46.8 Å². The quantitative estimate of drug-likeness (QED) is 0.175. The summed E-state index contributed by atoms with van der Waals surface area (Å²) in [6.07, 6.45) is 0. The summed E-state index contributed by atoms with van der Waals surface area (Å²) >= 11 is 1.87. The highest BCUT2D eigenvalue weighted by Crippen LogP contribution is 2.54. The van der Waals surface area contributed by atoms with Crippen molar-refractivity contribution in [1.29, 1.82) is 0 Å². The lowest BCUT2D eigenvalue weighted by atomic mass is 9.72. The maximum atomic E-state index is 5.97. The second-order valence-corrected chi connectivity index (χ2v) is 40.9. The third kappa shape index (κ3) is 16.5. The van der Waals surface area contributed by atoms with E-state index in [-0.39, 0.29) is 5.41 Å². The van der Waals surface area contributed by atoms with Crippen LogP contribution in [0.25, 0.3) is 120 Å². The Hall–Kier alpha value is -15.7. The van der Waals surface area contributed by atoms with E-state index in [0.717, 1.165) is 22.9 Å². The molecular weight excluding hydrogens is 1760 g/mol. The monoisotopic (exact) mass is 1890 g/mol. The van der Waals surface area contributed by atoms with Gasteiger partial charge in [0, 0.05) is 153 Å². The van der Waals surface area contributed by atoms with E-state index in [9.17, 15) is 0 Å². The van der Waals surface area contributed by atoms with Gasteiger partial charge >= 0.3 is 0 Å². The Balaban J connectivity index is 0.000000104. The van der Waals surface area contributed by atoms with E-state index in [1.807, 2.05) is 36.0 Å². The van der Waals surface area contributed by atoms with Crippen LogP contribution in [0.2, 0.25) is 0 Å². The molecule has 0 bridgehead atoms. The van der Waals surface area contributed by atoms with Gasteiger partial charge in [-0.1, -0.05) is 293 Å². The Bertz CT molecular complexity index is 8540. The summed E-state index contributed by atoms with van der Waals surface area (Å²) < 4.78 is 17.9. The van der Waals surface area contributed by atoms with E-state index in [0.29, 0.717) is 0 Å². The van der Waals surface area contributed by atoms with E-state index in [1.54, 1.807) is 0 Å². The van der Waals surface area contributed by atoms with Crippen molar-refractivity contribution in [3.63, 3.8) is 0 Å². The average Bonchev–Trinajstić information content (AvgIpc) is 1.52. The number of aromatic nitrogens is 5. The molecule has 0 atom stereocenters. The molecule has 26 rings (SSSR count). The number of para-hydroxylation sites is 16. The molecule has 18 aromatic carbocycles. The minimum atomic E-state index is 0.0647. The first-order valence-corrected chi connectivity index (χ1v) is 50.7. The summed E-state index contributed by atoms with van der Waals surface area (Å²) in [6.45, 7) is 35.2. The Morgan fingerprint density at radius 1 is 0.238 bits per heavy atom. The number of hydrogen-bond donors (Lipinski definition) is 0. The largest absolute Gasteiger partial charge is 0.453 e. The van der Waals surface area contributed by atoms with Gasteiger partial charge in [-0.3, -0.25) is 0 Å². The SMILES string of the molecule is Cc1cccc2c1N(C)c1c(C)cccc1C2(C)C.Cc1cccc2c1N(C)c1c(C)cccc1O2.Cc1cccc2c1N(C)c1c(C)cccc1S2.Cc1cccc2c3c(c(C)cc4c5ccccc5n(-c5ccccc5)c43)n(C)c12.Cc1cccc2c3cc4c5ccccc5n(-c5ccccc5)c4c(C)c3n(C)c12.Cc1cccc2c3cccc(C)c3n(C)c12.Cc1ccccc1N(C)c1ccccc1C. The lowest BCUT2D eigenvalue weighted by Gasteiger charge is -2.42. The van der Waals surface area contributed by atoms with Gasteiger partial charge in [-0.2, -0.15) is 0 Å². The van der Waals surface area contributed by atoms with E-state index in [4.69, 9.17) is 4.74 Å². The minimum absolute atomic E-state index is 0.0647. The minimum Gasteiger partial charge on any atom is -0.453 e. The molecule has 0 amide bonds. The van der Waals surface area contributed by atoms with Crippen LogP contribution in [0.1, 0.15) is 103 Å². The fraction of sp³-hybridized carbons (Fsp3) is 0.182. The number of aryl methyl sites for hydroxylation is 17. The first-order valence-electron chi connectivity index (χ1n) is 49.9. The Kier molecular flexibility index (Phi) is 25.5. The van der Waals surface area contributed by atoms with Crippen molar-refractivity contribution < 1.29 is 4.74 Å². The van der Waals surface area contributed by atoms with Gasteiger partial charge in [0.25, 0.3) is 0 Å². The van der Waals surface area contributed by atoms with Crippen LogP contribution in [0, 0.1) is 96.9 Å². The third-order valence-electron chi connectivity index (χ3n) is 30.2. The molecule has 0 aliphatic carbocycles. The summed E-state index contributed by atoms with van der Waals surface area (Å²) in [5, 5.41) is 13.3. The summed E-state index contributed by atoms with van der Waals surface area (Å²) in [5.74, 6) is 1.87. The number of hydrogen-bond acceptors (Lipinski definition) is 6. The van der Waals surface area contributed by atoms with Crippen LogP contribution < -0.4 is 24.3 Å². The zero-order valence-electron chi connectivity index (χ0n) is 86.8. The molecular formula is C132H127N9OS. The van der Waals surface area contributed by atoms with Gasteiger partial charge in [0.15, 0.2) is 11.5 Å². The molecule has 0 saturated carbocycles. The standard InChI is InChI=1S/2C27H22N2.C18H21N.C15H15NO.C15H15NS.C15H15N.C15H17N/c1-17-10-9-14-21-23-16-22-20-13-7-8-15-24(20)29(19-11-5-4-6-12-19)27(22)18(2)26(23)28(3)25(17)21;1-17-10-9-14-21-24-26(28(3)25(17)21)18(2)16-22-20-13-7-8-15-23(20)29(27(22)24)19-11-5-4-6-12-19;1-12-8-6-10-14-16(12)19(5)17-13(2)9-7-11-15(17)18(14,3)4;2*1-10-6-4-8-12-14(10)16(3)15-11(2)7-5-9-13(15)17-12;1-10-6-4-8-12-13-9-5-7-11(2)15(13)16(3)14(10)12;1-12-8-4-6-10-14(12)16(3)15-11-7-5-9-13(15)2/h2*4-16H,1-3H3;6-11H,1-5H3;2*4-9H,1-3H3;4-9H,1-3H3;4-11H,1-3H3. The van der Waals surface area contributed by atoms with Crippen molar-refractivity contribution in [3.8, 4) is 22.9 Å². The van der Waals surface area contributed by atoms with Gasteiger partial charge in [0.1, 0.15) is 0 Å². The highest BCUT2D eigenvalue weighted by molar-refractivity contribution is 7.99. The van der Waals surface area contributed by atoms with Crippen molar-refractivity contribution in [2.45, 2.75) is 126 Å². The average molecular weight is 1890 g/mol. The first-order chi connectivity index (χ1) is 69.0. The number of rotatable bonds is 4. The molecule has 0 radical (unpaired) electrons. The molecule has 10 nitrogen and oxygen atoms in total. The van der Waals surface area contributed by atoms with Gasteiger partial charge in [0.05, 0.1) is 77.9 Å². The van der Waals surface area contributed by atoms with Crippen LogP contribution in [-0.2, 0) is 26.6 Å². The molecule has 0 saturated heterocycles. The number of fused-ring (bicyclic) bond motifs is 22. The van der Waals surface area contributed by atoms with Crippen LogP contribution in [0.4, 0.5) is 45.5 Å². The van der Waals surface area contributed by atoms with Gasteiger partial charge in [0.2, 0.25) is 0 Å². The first kappa shape index (κ1) is 94.9. The van der Waals surface area contributed by atoms with Crippen molar-refractivity contribution in [2.75, 3.05) is 47.8 Å². The zero-order chi connectivity index (χ0) is 100.0. The van der Waals surface area contributed by atoms with E-state index in [2.05, 4.69) is 530 Å². The maximum Gasteiger partial charge on any atom is 0.151 e. The number of benzene rings is 18. The summed E-state index contributed by atoms with van der Waals surface area (Å²) in [7, 11) is 15.1.